The van der Waals surface area contributed by atoms with Crippen molar-refractivity contribution in [1.29, 1.82) is 0 Å². The van der Waals surface area contributed by atoms with E-state index in [1.807, 2.05) is 0 Å². The molecule has 2 rings (SSSR count). The molecule has 0 fully saturated rings. The molecular weight excluding hydrogens is 447 g/mol. The van der Waals surface area contributed by atoms with Crippen molar-refractivity contribution in [3.8, 4) is 17.2 Å². The Hall–Kier alpha value is -2.97. The first kappa shape index (κ1) is 24.3. The van der Waals surface area contributed by atoms with Gasteiger partial charge in [0.15, 0.2) is 24.2 Å². The summed E-state index contributed by atoms with van der Waals surface area (Å²) in [6.07, 6.45) is 0.585. The Morgan fingerprint density at radius 3 is 2.55 bits per heavy atom. The monoisotopic (exact) mass is 468 g/mol. The van der Waals surface area contributed by atoms with Crippen molar-refractivity contribution >= 4 is 41.3 Å². The first-order valence-corrected chi connectivity index (χ1v) is 10.0. The highest BCUT2D eigenvalue weighted by Crippen LogP contribution is 2.29. The Labute approximate surface area is 190 Å². The van der Waals surface area contributed by atoms with E-state index in [0.29, 0.717) is 32.9 Å². The number of rotatable bonds is 10. The minimum absolute atomic E-state index is 0.233. The SMILES string of the molecule is CCOC(=O)COc1ccc(C=NNC(=O)C(C)Oc2ccc(Cl)cc2Cl)cc1OC. The summed E-state index contributed by atoms with van der Waals surface area (Å²) in [5, 5.41) is 4.68. The molecule has 2 aromatic rings. The second-order valence-electron chi connectivity index (χ2n) is 6.07. The van der Waals surface area contributed by atoms with E-state index >= 15 is 0 Å². The van der Waals surface area contributed by atoms with Crippen molar-refractivity contribution in [3.63, 3.8) is 0 Å². The molecule has 0 aliphatic carbocycles. The van der Waals surface area contributed by atoms with Gasteiger partial charge < -0.3 is 18.9 Å². The van der Waals surface area contributed by atoms with E-state index in [-0.39, 0.29) is 13.2 Å². The second-order valence-corrected chi connectivity index (χ2v) is 6.92. The predicted octanol–water partition coefficient (Wildman–Crippen LogP) is 3.86. The molecule has 1 amide bonds. The highest BCUT2D eigenvalue weighted by Gasteiger charge is 2.16. The van der Waals surface area contributed by atoms with Crippen molar-refractivity contribution < 1.29 is 28.5 Å². The molecule has 0 heterocycles. The van der Waals surface area contributed by atoms with Crippen LogP contribution >= 0.6 is 23.2 Å². The fourth-order valence-electron chi connectivity index (χ4n) is 2.30. The molecule has 2 aromatic carbocycles. The van der Waals surface area contributed by atoms with Crippen LogP contribution in [0.15, 0.2) is 41.5 Å². The van der Waals surface area contributed by atoms with E-state index in [1.54, 1.807) is 44.2 Å². The summed E-state index contributed by atoms with van der Waals surface area (Å²) in [5.41, 5.74) is 3.03. The number of hydrogen-bond donors (Lipinski definition) is 1. The minimum Gasteiger partial charge on any atom is -0.493 e. The van der Waals surface area contributed by atoms with Crippen LogP contribution in [0.2, 0.25) is 10.0 Å². The smallest absolute Gasteiger partial charge is 0.344 e. The van der Waals surface area contributed by atoms with E-state index in [0.717, 1.165) is 0 Å². The zero-order valence-electron chi connectivity index (χ0n) is 17.2. The number of carbonyl (C=O) groups is 2. The van der Waals surface area contributed by atoms with Crippen molar-refractivity contribution in [3.05, 3.63) is 52.0 Å². The lowest BCUT2D eigenvalue weighted by atomic mass is 10.2. The summed E-state index contributed by atoms with van der Waals surface area (Å²) in [6.45, 7) is 3.32. The molecule has 1 unspecified atom stereocenters. The largest absolute Gasteiger partial charge is 0.493 e. The van der Waals surface area contributed by atoms with Crippen LogP contribution in [-0.2, 0) is 14.3 Å². The van der Waals surface area contributed by atoms with Gasteiger partial charge >= 0.3 is 5.97 Å². The van der Waals surface area contributed by atoms with Crippen LogP contribution < -0.4 is 19.6 Å². The maximum Gasteiger partial charge on any atom is 0.344 e. The van der Waals surface area contributed by atoms with Crippen molar-refractivity contribution in [2.24, 2.45) is 5.10 Å². The zero-order chi connectivity index (χ0) is 22.8. The molecule has 0 spiro atoms. The van der Waals surface area contributed by atoms with Crippen LogP contribution in [0.3, 0.4) is 0 Å². The number of benzene rings is 2. The van der Waals surface area contributed by atoms with E-state index in [9.17, 15) is 9.59 Å². The van der Waals surface area contributed by atoms with Crippen molar-refractivity contribution in [2.75, 3.05) is 20.3 Å². The fourth-order valence-corrected chi connectivity index (χ4v) is 2.75. The molecule has 31 heavy (non-hydrogen) atoms. The van der Waals surface area contributed by atoms with Gasteiger partial charge in [-0.25, -0.2) is 10.2 Å². The fraction of sp³-hybridized carbons (Fsp3) is 0.286. The van der Waals surface area contributed by atoms with Gasteiger partial charge in [0.2, 0.25) is 0 Å². The molecule has 0 bridgehead atoms. The van der Waals surface area contributed by atoms with Gasteiger partial charge in [-0.1, -0.05) is 23.2 Å². The number of hydrogen-bond acceptors (Lipinski definition) is 7. The number of esters is 1. The molecule has 8 nitrogen and oxygen atoms in total. The summed E-state index contributed by atoms with van der Waals surface area (Å²) in [7, 11) is 1.47. The predicted molar refractivity (Wildman–Crippen MR) is 117 cm³/mol. The first-order valence-electron chi connectivity index (χ1n) is 9.25. The van der Waals surface area contributed by atoms with Crippen LogP contribution in [0, 0.1) is 0 Å². The number of carbonyl (C=O) groups excluding carboxylic acids is 2. The minimum atomic E-state index is -0.844. The number of halogens is 2. The lowest BCUT2D eigenvalue weighted by Gasteiger charge is -2.14. The van der Waals surface area contributed by atoms with Crippen LogP contribution in [-0.4, -0.2) is 44.5 Å². The van der Waals surface area contributed by atoms with Gasteiger partial charge in [-0.15, -0.1) is 0 Å². The number of methoxy groups -OCH3 is 1. The second kappa shape index (κ2) is 12.0. The van der Waals surface area contributed by atoms with Crippen LogP contribution in [0.1, 0.15) is 19.4 Å². The maximum atomic E-state index is 12.2. The molecule has 0 aliphatic heterocycles. The number of amides is 1. The van der Waals surface area contributed by atoms with E-state index < -0.39 is 18.0 Å². The molecule has 166 valence electrons. The Kier molecular flexibility index (Phi) is 9.42. The molecule has 0 saturated carbocycles. The lowest BCUT2D eigenvalue weighted by Crippen LogP contribution is -2.33. The van der Waals surface area contributed by atoms with E-state index in [2.05, 4.69) is 10.5 Å². The normalized spacial score (nSPS) is 11.6. The third-order valence-electron chi connectivity index (χ3n) is 3.79. The van der Waals surface area contributed by atoms with Crippen molar-refractivity contribution in [2.45, 2.75) is 20.0 Å². The van der Waals surface area contributed by atoms with E-state index in [1.165, 1.54) is 19.4 Å². The van der Waals surface area contributed by atoms with Crippen LogP contribution in [0.25, 0.3) is 0 Å². The standard InChI is InChI=1S/C21H22Cl2N2O6/c1-4-29-20(26)12-30-18-7-5-14(9-19(18)28-3)11-24-25-21(27)13(2)31-17-8-6-15(22)10-16(17)23/h5-11,13H,4,12H2,1-3H3,(H,25,27). The lowest BCUT2D eigenvalue weighted by molar-refractivity contribution is -0.145. The highest BCUT2D eigenvalue weighted by molar-refractivity contribution is 6.35. The molecule has 0 aliphatic rings. The van der Waals surface area contributed by atoms with Gasteiger partial charge in [-0.05, 0) is 55.8 Å². The van der Waals surface area contributed by atoms with Gasteiger partial charge in [0, 0.05) is 5.02 Å². The Morgan fingerprint density at radius 1 is 1.13 bits per heavy atom. The third-order valence-corrected chi connectivity index (χ3v) is 4.32. The summed E-state index contributed by atoms with van der Waals surface area (Å²) in [6, 6.07) is 9.66. The summed E-state index contributed by atoms with van der Waals surface area (Å²) >= 11 is 11.9. The van der Waals surface area contributed by atoms with E-state index in [4.69, 9.17) is 42.1 Å². The zero-order valence-corrected chi connectivity index (χ0v) is 18.7. The molecule has 0 aromatic heterocycles. The van der Waals surface area contributed by atoms with Crippen molar-refractivity contribution in [1.82, 2.24) is 5.43 Å². The van der Waals surface area contributed by atoms with Gasteiger partial charge in [-0.3, -0.25) is 4.79 Å². The third kappa shape index (κ3) is 7.66. The van der Waals surface area contributed by atoms with Gasteiger partial charge in [-0.2, -0.15) is 5.10 Å². The summed E-state index contributed by atoms with van der Waals surface area (Å²) < 4.78 is 21.0. The Balaban J connectivity index is 1.93. The molecule has 1 N–H and O–H groups in total. The quantitative estimate of drug-likeness (QED) is 0.323. The topological polar surface area (TPSA) is 95.5 Å². The van der Waals surface area contributed by atoms with Gasteiger partial charge in [0.1, 0.15) is 5.75 Å². The Morgan fingerprint density at radius 2 is 1.87 bits per heavy atom. The van der Waals surface area contributed by atoms with Crippen LogP contribution in [0.4, 0.5) is 0 Å². The average Bonchev–Trinajstić information content (AvgIpc) is 2.74. The molecule has 10 heteroatoms. The average molecular weight is 469 g/mol. The number of nitrogens with one attached hydrogen (secondary N) is 1. The summed E-state index contributed by atoms with van der Waals surface area (Å²) in [4.78, 5) is 23.6. The highest BCUT2D eigenvalue weighted by atomic mass is 35.5. The number of ether oxygens (including phenoxy) is 4. The summed E-state index contributed by atoms with van der Waals surface area (Å²) in [5.74, 6) is 0.158. The molecule has 1 atom stereocenters. The van der Waals surface area contributed by atoms with Crippen LogP contribution in [0.5, 0.6) is 17.2 Å². The first-order chi connectivity index (χ1) is 14.8. The number of hydrazone groups is 1. The molecular formula is C21H22Cl2N2O6. The Bertz CT molecular complexity index is 951. The number of nitrogens with zero attached hydrogens (tertiary/aromatic N) is 1. The van der Waals surface area contributed by atoms with Gasteiger partial charge in [0.25, 0.3) is 5.91 Å². The molecule has 0 saturated heterocycles. The molecule has 0 radical (unpaired) electrons. The maximum absolute atomic E-state index is 12.2. The van der Waals surface area contributed by atoms with Gasteiger partial charge in [0.05, 0.1) is 25.0 Å².